The maximum absolute atomic E-state index is 12.3. The maximum Gasteiger partial charge on any atom is 0.344 e. The molecule has 0 atom stereocenters. The molecule has 1 heterocycles. The van der Waals surface area contributed by atoms with E-state index in [2.05, 4.69) is 6.58 Å². The molecule has 0 fully saturated rings. The largest absolute Gasteiger partial charge is 0.508 e. The lowest BCUT2D eigenvalue weighted by molar-refractivity contribution is 0.450. The van der Waals surface area contributed by atoms with Crippen molar-refractivity contribution in [2.45, 2.75) is 19.3 Å². The van der Waals surface area contributed by atoms with Crippen molar-refractivity contribution < 1.29 is 19.7 Å². The minimum Gasteiger partial charge on any atom is -0.508 e. The quantitative estimate of drug-likeness (QED) is 0.495. The predicted octanol–water partition coefficient (Wildman–Crippen LogP) is 4.04. The second-order valence-corrected chi connectivity index (χ2v) is 6.48. The van der Waals surface area contributed by atoms with Gasteiger partial charge in [0.15, 0.2) is 0 Å². The Morgan fingerprint density at radius 3 is 2.36 bits per heavy atom. The number of aromatic hydroxyl groups is 3. The third kappa shape index (κ3) is 2.85. The van der Waals surface area contributed by atoms with Gasteiger partial charge in [0.25, 0.3) is 0 Å². The third-order valence-corrected chi connectivity index (χ3v) is 4.33. The molecule has 0 amide bonds. The van der Waals surface area contributed by atoms with Gasteiger partial charge < -0.3 is 19.7 Å². The summed E-state index contributed by atoms with van der Waals surface area (Å²) in [5, 5.41) is 30.3. The predicted molar refractivity (Wildman–Crippen MR) is 96.1 cm³/mol. The van der Waals surface area contributed by atoms with Gasteiger partial charge in [-0.05, 0) is 24.3 Å². The Bertz CT molecular complexity index is 1040. The Morgan fingerprint density at radius 2 is 1.72 bits per heavy atom. The van der Waals surface area contributed by atoms with Crippen molar-refractivity contribution in [2.24, 2.45) is 0 Å². The van der Waals surface area contributed by atoms with Gasteiger partial charge in [-0.15, -0.1) is 6.58 Å². The molecule has 128 valence electrons. The standard InChI is InChI=1S/C20H18O5/c1-4-20(2,3)15-8-11-7-14(13-6-5-12(21)9-16(13)22)19(24)25-18(11)10-17(15)23/h4-10,21-23H,1H2,2-3H3. The van der Waals surface area contributed by atoms with Gasteiger partial charge in [0, 0.05) is 34.1 Å². The molecule has 3 aromatic rings. The van der Waals surface area contributed by atoms with Crippen LogP contribution < -0.4 is 5.63 Å². The lowest BCUT2D eigenvalue weighted by atomic mass is 9.83. The fraction of sp³-hybridized carbons (Fsp3) is 0.150. The van der Waals surface area contributed by atoms with Gasteiger partial charge in [0.1, 0.15) is 22.8 Å². The SMILES string of the molecule is C=CC(C)(C)c1cc2cc(-c3ccc(O)cc3O)c(=O)oc2cc1O. The molecule has 2 aromatic carbocycles. The van der Waals surface area contributed by atoms with Crippen LogP contribution in [0.3, 0.4) is 0 Å². The fourth-order valence-corrected chi connectivity index (χ4v) is 2.72. The van der Waals surface area contributed by atoms with E-state index in [4.69, 9.17) is 4.42 Å². The lowest BCUT2D eigenvalue weighted by Crippen LogP contribution is -2.13. The summed E-state index contributed by atoms with van der Waals surface area (Å²) in [6.45, 7) is 7.61. The van der Waals surface area contributed by atoms with Crippen molar-refractivity contribution in [2.75, 3.05) is 0 Å². The van der Waals surface area contributed by atoms with E-state index in [0.717, 1.165) is 6.07 Å². The van der Waals surface area contributed by atoms with E-state index in [9.17, 15) is 20.1 Å². The van der Waals surface area contributed by atoms with Gasteiger partial charge in [-0.1, -0.05) is 19.9 Å². The summed E-state index contributed by atoms with van der Waals surface area (Å²) in [5.74, 6) is -0.316. The zero-order valence-electron chi connectivity index (χ0n) is 13.9. The number of rotatable bonds is 3. The van der Waals surface area contributed by atoms with Crippen molar-refractivity contribution in [3.05, 3.63) is 65.0 Å². The molecular weight excluding hydrogens is 320 g/mol. The topological polar surface area (TPSA) is 90.9 Å². The molecule has 0 spiro atoms. The molecule has 0 aliphatic heterocycles. The number of fused-ring (bicyclic) bond motifs is 1. The van der Waals surface area contributed by atoms with Crippen molar-refractivity contribution in [3.8, 4) is 28.4 Å². The van der Waals surface area contributed by atoms with E-state index in [1.54, 1.807) is 18.2 Å². The molecule has 25 heavy (non-hydrogen) atoms. The highest BCUT2D eigenvalue weighted by atomic mass is 16.4. The van der Waals surface area contributed by atoms with E-state index in [1.165, 1.54) is 18.2 Å². The van der Waals surface area contributed by atoms with Crippen molar-refractivity contribution in [1.82, 2.24) is 0 Å². The molecule has 3 N–H and O–H groups in total. The van der Waals surface area contributed by atoms with Gasteiger partial charge in [0.05, 0.1) is 5.56 Å². The Hall–Kier alpha value is -3.21. The van der Waals surface area contributed by atoms with Crippen molar-refractivity contribution >= 4 is 11.0 Å². The van der Waals surface area contributed by atoms with Crippen LogP contribution in [-0.2, 0) is 5.41 Å². The number of allylic oxidation sites excluding steroid dienone is 1. The Morgan fingerprint density at radius 1 is 1.00 bits per heavy atom. The van der Waals surface area contributed by atoms with Crippen LogP contribution in [0.5, 0.6) is 17.2 Å². The normalized spacial score (nSPS) is 11.6. The van der Waals surface area contributed by atoms with Crippen LogP contribution in [-0.4, -0.2) is 15.3 Å². The number of hydrogen-bond donors (Lipinski definition) is 3. The van der Waals surface area contributed by atoms with E-state index in [-0.39, 0.29) is 34.0 Å². The Balaban J connectivity index is 2.29. The second kappa shape index (κ2) is 5.70. The maximum atomic E-state index is 12.3. The molecule has 0 saturated carbocycles. The monoisotopic (exact) mass is 338 g/mol. The first-order valence-corrected chi connectivity index (χ1v) is 7.70. The lowest BCUT2D eigenvalue weighted by Gasteiger charge is -2.22. The van der Waals surface area contributed by atoms with Crippen molar-refractivity contribution in [3.63, 3.8) is 0 Å². The minimum absolute atomic E-state index is 0.0146. The summed E-state index contributed by atoms with van der Waals surface area (Å²) in [4.78, 5) is 12.3. The summed E-state index contributed by atoms with van der Waals surface area (Å²) >= 11 is 0. The van der Waals surface area contributed by atoms with Crippen LogP contribution in [0.15, 0.2) is 58.3 Å². The summed E-state index contributed by atoms with van der Waals surface area (Å²) in [6.07, 6.45) is 1.72. The second-order valence-electron chi connectivity index (χ2n) is 6.48. The number of hydrogen-bond acceptors (Lipinski definition) is 5. The van der Waals surface area contributed by atoms with Gasteiger partial charge in [-0.3, -0.25) is 0 Å². The molecule has 0 bridgehead atoms. The highest BCUT2D eigenvalue weighted by Crippen LogP contribution is 2.37. The molecule has 0 radical (unpaired) electrons. The van der Waals surface area contributed by atoms with Gasteiger partial charge in [-0.2, -0.15) is 0 Å². The fourth-order valence-electron chi connectivity index (χ4n) is 2.72. The Labute approximate surface area is 144 Å². The van der Waals surface area contributed by atoms with E-state index in [0.29, 0.717) is 10.9 Å². The molecule has 5 nitrogen and oxygen atoms in total. The van der Waals surface area contributed by atoms with Crippen LogP contribution in [0.1, 0.15) is 19.4 Å². The number of phenols is 3. The smallest absolute Gasteiger partial charge is 0.344 e. The van der Waals surface area contributed by atoms with Gasteiger partial charge in [0.2, 0.25) is 0 Å². The summed E-state index contributed by atoms with van der Waals surface area (Å²) < 4.78 is 5.30. The molecule has 0 saturated heterocycles. The van der Waals surface area contributed by atoms with E-state index >= 15 is 0 Å². The average molecular weight is 338 g/mol. The zero-order valence-corrected chi connectivity index (χ0v) is 13.9. The van der Waals surface area contributed by atoms with E-state index < -0.39 is 11.0 Å². The first-order chi connectivity index (χ1) is 11.7. The van der Waals surface area contributed by atoms with Crippen LogP contribution >= 0.6 is 0 Å². The zero-order chi connectivity index (χ0) is 18.4. The van der Waals surface area contributed by atoms with Gasteiger partial charge >= 0.3 is 5.63 Å². The Kier molecular flexibility index (Phi) is 3.80. The number of phenolic OH excluding ortho intramolecular Hbond substituents is 3. The highest BCUT2D eigenvalue weighted by Gasteiger charge is 2.22. The first-order valence-electron chi connectivity index (χ1n) is 7.70. The van der Waals surface area contributed by atoms with Crippen LogP contribution in [0.25, 0.3) is 22.1 Å². The van der Waals surface area contributed by atoms with Crippen molar-refractivity contribution in [1.29, 1.82) is 0 Å². The summed E-state index contributed by atoms with van der Waals surface area (Å²) in [7, 11) is 0. The third-order valence-electron chi connectivity index (χ3n) is 4.33. The van der Waals surface area contributed by atoms with Crippen LogP contribution in [0, 0.1) is 0 Å². The molecule has 0 aliphatic carbocycles. The molecule has 0 aliphatic rings. The molecule has 0 unspecified atom stereocenters. The summed E-state index contributed by atoms with van der Waals surface area (Å²) in [6, 6.07) is 8.70. The molecule has 1 aromatic heterocycles. The average Bonchev–Trinajstić information content (AvgIpc) is 2.54. The molecule has 5 heteroatoms. The van der Waals surface area contributed by atoms with Gasteiger partial charge in [-0.25, -0.2) is 4.79 Å². The number of benzene rings is 2. The first kappa shape index (κ1) is 16.6. The highest BCUT2D eigenvalue weighted by molar-refractivity contribution is 5.85. The van der Waals surface area contributed by atoms with Crippen LogP contribution in [0.4, 0.5) is 0 Å². The molecule has 3 rings (SSSR count). The summed E-state index contributed by atoms with van der Waals surface area (Å²) in [5.41, 5.74) is 0.181. The molecular formula is C20H18O5. The minimum atomic E-state index is -0.649. The van der Waals surface area contributed by atoms with Crippen LogP contribution in [0.2, 0.25) is 0 Å². The van der Waals surface area contributed by atoms with E-state index in [1.807, 2.05) is 13.8 Å².